The molecule has 0 saturated carbocycles. The van der Waals surface area contributed by atoms with Crippen LogP contribution in [0.15, 0.2) is 35.5 Å². The molecule has 2 N–H and O–H groups in total. The van der Waals surface area contributed by atoms with Gasteiger partial charge in [-0.05, 0) is 18.6 Å². The number of β-lactam (4-membered cyclic amide) rings is 1. The number of benzene rings is 1. The van der Waals surface area contributed by atoms with Crippen molar-refractivity contribution in [3.63, 3.8) is 0 Å². The Morgan fingerprint density at radius 2 is 2.03 bits per heavy atom. The summed E-state index contributed by atoms with van der Waals surface area (Å²) in [6.45, 7) is 0.695. The van der Waals surface area contributed by atoms with E-state index in [-0.39, 0.29) is 69.0 Å². The fourth-order valence-corrected chi connectivity index (χ4v) is 5.10. The molecule has 2 amide bonds. The van der Waals surface area contributed by atoms with Gasteiger partial charge < -0.3 is 25.5 Å². The van der Waals surface area contributed by atoms with Gasteiger partial charge in [-0.15, -0.1) is 18.4 Å². The van der Waals surface area contributed by atoms with Crippen LogP contribution in [0.2, 0.25) is 0 Å². The number of nitrogens with one attached hydrogen (secondary N) is 1. The van der Waals surface area contributed by atoms with E-state index in [9.17, 15) is 34.7 Å². The van der Waals surface area contributed by atoms with Crippen LogP contribution in [0.25, 0.3) is 11.0 Å². The van der Waals surface area contributed by atoms with E-state index in [1.807, 2.05) is 0 Å². The fraction of sp³-hybridized carbons (Fsp3) is 0.316. The number of carboxylic acids is 1. The molecule has 0 aliphatic carbocycles. The Morgan fingerprint density at radius 1 is 1.34 bits per heavy atom. The van der Waals surface area contributed by atoms with Gasteiger partial charge in [0, 0.05) is 16.7 Å². The molecule has 0 bridgehead atoms. The zero-order valence-corrected chi connectivity index (χ0v) is 20.0. The summed E-state index contributed by atoms with van der Waals surface area (Å²) in [6.07, 6.45) is -0.434. The maximum Gasteiger partial charge on any atom is 1.00 e. The van der Waals surface area contributed by atoms with Crippen LogP contribution >= 0.6 is 11.8 Å². The number of carbonyl (C=O) groups is 3. The molecule has 1 fully saturated rings. The van der Waals surface area contributed by atoms with Crippen molar-refractivity contribution in [2.24, 2.45) is 0 Å². The van der Waals surface area contributed by atoms with Gasteiger partial charge in [-0.25, -0.2) is 4.79 Å². The fourth-order valence-electron chi connectivity index (χ4n) is 3.77. The monoisotopic (exact) mass is 468 g/mol. The van der Waals surface area contributed by atoms with Gasteiger partial charge in [0.1, 0.15) is 29.1 Å². The standard InChI is InChI=1S/C19H17N4O7S.Na/c1-9-13(23(30)12-5-3-2-4-11(12)22(9)29)6-14(25)20-15-17(26)21-16(19(27)28)10(7-24)8-31-18(15)21;/h2-5,15,18H,6-8H2,1H3,(H,20,25)(H,27,28);/q-1;+1/t15-,18-;/m1./s1. The summed E-state index contributed by atoms with van der Waals surface area (Å²) < 4.78 is 1.10. The molecule has 11 nitrogen and oxygen atoms in total. The number of thioether (sulfide) groups is 1. The smallest absolute Gasteiger partial charge is 0.851 e. The van der Waals surface area contributed by atoms with E-state index in [0.717, 1.165) is 4.90 Å². The van der Waals surface area contributed by atoms with Gasteiger partial charge >= 0.3 is 35.5 Å². The molecule has 2 aliphatic heterocycles. The topological polar surface area (TPSA) is 161 Å². The molecular weight excluding hydrogens is 451 g/mol. The van der Waals surface area contributed by atoms with Gasteiger partial charge in [0.25, 0.3) is 17.1 Å². The number of hydrogen-bond acceptors (Lipinski definition) is 7. The first-order valence-corrected chi connectivity index (χ1v) is 10.3. The van der Waals surface area contributed by atoms with Crippen LogP contribution < -0.4 is 44.4 Å². The molecule has 162 valence electrons. The number of amides is 2. The summed E-state index contributed by atoms with van der Waals surface area (Å²) in [6, 6.07) is 5.20. The molecule has 4 rings (SSSR count). The second-order valence-corrected chi connectivity index (χ2v) is 8.25. The van der Waals surface area contributed by atoms with E-state index >= 15 is 0 Å². The van der Waals surface area contributed by atoms with Gasteiger partial charge in [-0.3, -0.25) is 14.5 Å². The molecule has 3 heterocycles. The van der Waals surface area contributed by atoms with Crippen molar-refractivity contribution in [1.82, 2.24) is 14.9 Å². The number of hydrogen-bond donors (Lipinski definition) is 2. The third-order valence-electron chi connectivity index (χ3n) is 5.36. The average molecular weight is 468 g/mol. The molecule has 13 heteroatoms. The summed E-state index contributed by atoms with van der Waals surface area (Å²) in [5, 5.41) is 34.9. The Hall–Kier alpha value is -2.38. The van der Waals surface area contributed by atoms with Crippen LogP contribution in [-0.2, 0) is 20.8 Å². The summed E-state index contributed by atoms with van der Waals surface area (Å²) >= 11 is 1.19. The van der Waals surface area contributed by atoms with Crippen LogP contribution in [-0.4, -0.2) is 56.3 Å². The second-order valence-electron chi connectivity index (χ2n) is 7.14. The van der Waals surface area contributed by atoms with Crippen LogP contribution in [0, 0.1) is 17.0 Å². The SMILES string of the molecule is Cc1c(CC(=O)N[C@@H]2C(=O)N3C(C(=O)O)=C(C[O-])CS[C@H]23)[n+](=O)c2ccccc2n1[O-].[Na+]. The third kappa shape index (κ3) is 3.82. The number of fused-ring (bicyclic) bond motifs is 2. The Balaban J connectivity index is 0.00000289. The van der Waals surface area contributed by atoms with E-state index in [1.165, 1.54) is 30.8 Å². The van der Waals surface area contributed by atoms with Crippen molar-refractivity contribution in [3.05, 3.63) is 57.0 Å². The van der Waals surface area contributed by atoms with Crippen molar-refractivity contribution in [3.8, 4) is 0 Å². The molecular formula is C19H17N4NaO7S. The first-order valence-electron chi connectivity index (χ1n) is 9.27. The summed E-state index contributed by atoms with van der Waals surface area (Å²) in [7, 11) is 0. The number of carbonyl (C=O) groups excluding carboxylic acids is 2. The van der Waals surface area contributed by atoms with Gasteiger partial charge in [0.05, 0.1) is 10.1 Å². The van der Waals surface area contributed by atoms with Gasteiger partial charge in [0.15, 0.2) is 0 Å². The largest absolute Gasteiger partial charge is 1.00 e. The van der Waals surface area contributed by atoms with Crippen molar-refractivity contribution in [2.45, 2.75) is 24.8 Å². The number of aromatic nitrogens is 2. The minimum Gasteiger partial charge on any atom is -0.851 e. The van der Waals surface area contributed by atoms with Gasteiger partial charge in [-0.2, -0.15) is 0 Å². The first kappa shape index (κ1) is 24.3. The molecule has 32 heavy (non-hydrogen) atoms. The van der Waals surface area contributed by atoms with Crippen LogP contribution in [0.3, 0.4) is 0 Å². The molecule has 1 aromatic heterocycles. The van der Waals surface area contributed by atoms with E-state index in [1.54, 1.807) is 12.1 Å². The number of aliphatic carboxylic acids is 1. The predicted octanol–water partition coefficient (Wildman–Crippen LogP) is -4.14. The van der Waals surface area contributed by atoms with E-state index < -0.39 is 42.2 Å². The van der Waals surface area contributed by atoms with Crippen LogP contribution in [0.4, 0.5) is 0 Å². The average Bonchev–Trinajstić information content (AvgIpc) is 2.77. The van der Waals surface area contributed by atoms with Gasteiger partial charge in [0.2, 0.25) is 5.91 Å². The van der Waals surface area contributed by atoms with E-state index in [4.69, 9.17) is 0 Å². The minimum absolute atomic E-state index is 0. The zero-order valence-electron chi connectivity index (χ0n) is 17.2. The molecule has 0 spiro atoms. The molecule has 2 aliphatic rings. The Labute approximate surface area is 207 Å². The minimum atomic E-state index is -1.37. The predicted molar refractivity (Wildman–Crippen MR) is 107 cm³/mol. The van der Waals surface area contributed by atoms with Crippen LogP contribution in [0.5, 0.6) is 0 Å². The maximum atomic E-state index is 12.7. The summed E-state index contributed by atoms with van der Waals surface area (Å²) in [5.41, 5.74) is 0.0840. The van der Waals surface area contributed by atoms with Gasteiger partial charge in [-0.1, -0.05) is 12.1 Å². The van der Waals surface area contributed by atoms with Crippen molar-refractivity contribution in [2.75, 3.05) is 12.4 Å². The Kier molecular flexibility index (Phi) is 7.00. The van der Waals surface area contributed by atoms with Crippen molar-refractivity contribution in [1.29, 1.82) is 0 Å². The number of rotatable bonds is 5. The molecule has 2 aromatic rings. The van der Waals surface area contributed by atoms with E-state index in [2.05, 4.69) is 5.32 Å². The molecule has 1 saturated heterocycles. The maximum absolute atomic E-state index is 12.7. The Morgan fingerprint density at radius 3 is 2.69 bits per heavy atom. The third-order valence-corrected chi connectivity index (χ3v) is 6.69. The zero-order chi connectivity index (χ0) is 22.4. The molecule has 0 unspecified atom stereocenters. The molecule has 0 radical (unpaired) electrons. The van der Waals surface area contributed by atoms with Crippen molar-refractivity contribution >= 4 is 40.6 Å². The number of carboxylic acid groups (broad SMARTS) is 1. The first-order chi connectivity index (χ1) is 14.8. The summed E-state index contributed by atoms with van der Waals surface area (Å²) in [4.78, 5) is 50.3. The quantitative estimate of drug-likeness (QED) is 0.254. The van der Waals surface area contributed by atoms with Crippen LogP contribution in [0.1, 0.15) is 11.4 Å². The van der Waals surface area contributed by atoms with Crippen molar-refractivity contribution < 1.29 is 58.6 Å². The molecule has 2 atom stereocenters. The number of para-hydroxylation sites is 2. The normalized spacial score (nSPS) is 19.8. The number of nitrogens with zero attached hydrogens (tertiary/aromatic N) is 3. The molecule has 1 aromatic carbocycles. The summed E-state index contributed by atoms with van der Waals surface area (Å²) in [5.74, 6) is -2.52. The Bertz CT molecular complexity index is 1230. The second kappa shape index (κ2) is 9.24. The van der Waals surface area contributed by atoms with E-state index in [0.29, 0.717) is 9.16 Å².